The van der Waals surface area contributed by atoms with Gasteiger partial charge in [-0.2, -0.15) is 0 Å². The maximum Gasteiger partial charge on any atom is 0.225 e. The van der Waals surface area contributed by atoms with E-state index in [-0.39, 0.29) is 0 Å². The van der Waals surface area contributed by atoms with Gasteiger partial charge in [-0.1, -0.05) is 24.8 Å². The van der Waals surface area contributed by atoms with Crippen molar-refractivity contribution in [3.05, 3.63) is 10.6 Å². The first-order chi connectivity index (χ1) is 11.6. The molecule has 1 aromatic heterocycles. The van der Waals surface area contributed by atoms with Gasteiger partial charge in [-0.25, -0.2) is 0 Å². The van der Waals surface area contributed by atoms with Crippen LogP contribution >= 0.6 is 11.5 Å². The van der Waals surface area contributed by atoms with Gasteiger partial charge in [-0.3, -0.25) is 9.69 Å². The van der Waals surface area contributed by atoms with Crippen LogP contribution in [0.25, 0.3) is 0 Å². The summed E-state index contributed by atoms with van der Waals surface area (Å²) in [6.45, 7) is 8.35. The van der Waals surface area contributed by atoms with Gasteiger partial charge in [0.15, 0.2) is 0 Å². The molecule has 0 spiro atoms. The molecule has 0 unspecified atom stereocenters. The lowest BCUT2D eigenvalue weighted by Crippen LogP contribution is -2.45. The molecular weight excluding hydrogens is 320 g/mol. The fourth-order valence-electron chi connectivity index (χ4n) is 4.41. The number of rotatable bonds is 4. The van der Waals surface area contributed by atoms with Crippen LogP contribution in [0.15, 0.2) is 0 Å². The molecule has 24 heavy (non-hydrogen) atoms. The molecule has 6 heteroatoms. The van der Waals surface area contributed by atoms with E-state index in [4.69, 9.17) is 0 Å². The van der Waals surface area contributed by atoms with Gasteiger partial charge in [0.05, 0.1) is 10.6 Å². The van der Waals surface area contributed by atoms with Gasteiger partial charge < -0.3 is 4.90 Å². The summed E-state index contributed by atoms with van der Waals surface area (Å²) in [4.78, 5) is 18.8. The second kappa shape index (κ2) is 6.71. The van der Waals surface area contributed by atoms with Crippen LogP contribution in [0.4, 0.5) is 0 Å². The summed E-state index contributed by atoms with van der Waals surface area (Å²) >= 11 is 1.55. The minimum atomic E-state index is 0.328. The van der Waals surface area contributed by atoms with Gasteiger partial charge in [-0.15, -0.1) is 5.10 Å². The molecule has 4 heterocycles. The Morgan fingerprint density at radius 2 is 2.04 bits per heavy atom. The Kier molecular flexibility index (Phi) is 4.60. The number of aromatic nitrogens is 2. The first kappa shape index (κ1) is 16.5. The summed E-state index contributed by atoms with van der Waals surface area (Å²) in [5, 5.41) is 4.33. The van der Waals surface area contributed by atoms with E-state index >= 15 is 0 Å². The number of hydrogen-bond acceptors (Lipinski definition) is 5. The molecule has 3 saturated heterocycles. The van der Waals surface area contributed by atoms with Gasteiger partial charge in [0.2, 0.25) is 5.91 Å². The van der Waals surface area contributed by atoms with Crippen molar-refractivity contribution >= 4 is 17.4 Å². The summed E-state index contributed by atoms with van der Waals surface area (Å²) in [6.07, 6.45) is 5.95. The zero-order valence-electron chi connectivity index (χ0n) is 14.8. The van der Waals surface area contributed by atoms with Gasteiger partial charge in [0.1, 0.15) is 0 Å². The molecule has 0 aromatic carbocycles. The lowest BCUT2D eigenvalue weighted by Gasteiger charge is -2.36. The molecule has 3 aliphatic heterocycles. The Morgan fingerprint density at radius 3 is 2.75 bits per heavy atom. The predicted molar refractivity (Wildman–Crippen MR) is 94.8 cm³/mol. The summed E-state index contributed by atoms with van der Waals surface area (Å²) < 4.78 is 4.18. The minimum absolute atomic E-state index is 0.328. The molecule has 0 N–H and O–H groups in total. The fourth-order valence-corrected chi connectivity index (χ4v) is 5.23. The van der Waals surface area contributed by atoms with E-state index in [1.165, 1.54) is 24.1 Å². The van der Waals surface area contributed by atoms with E-state index < -0.39 is 0 Å². The van der Waals surface area contributed by atoms with Crippen molar-refractivity contribution in [1.29, 1.82) is 0 Å². The van der Waals surface area contributed by atoms with Crippen LogP contribution in [-0.4, -0.2) is 51.0 Å². The lowest BCUT2D eigenvalue weighted by molar-refractivity contribution is -0.138. The lowest BCUT2D eigenvalue weighted by atomic mass is 9.84. The van der Waals surface area contributed by atoms with Crippen LogP contribution in [0, 0.1) is 11.8 Å². The third-order valence-corrected chi connectivity index (χ3v) is 6.79. The highest BCUT2D eigenvalue weighted by Gasteiger charge is 2.39. The van der Waals surface area contributed by atoms with Crippen molar-refractivity contribution in [3.8, 4) is 0 Å². The SMILES string of the molecule is CC(C)c1nnsc1CN1C[C@@H]2CC[C@H]1CN(C(=O)C1CCC1)C2. The summed E-state index contributed by atoms with van der Waals surface area (Å²) in [6, 6.07) is 0.509. The number of piperidine rings is 1. The van der Waals surface area contributed by atoms with Crippen LogP contribution in [0.5, 0.6) is 0 Å². The minimum Gasteiger partial charge on any atom is -0.341 e. The summed E-state index contributed by atoms with van der Waals surface area (Å²) in [5.74, 6) is 1.83. The Balaban J connectivity index is 1.46. The third kappa shape index (κ3) is 3.10. The normalized spacial score (nSPS) is 28.2. The maximum absolute atomic E-state index is 12.7. The van der Waals surface area contributed by atoms with Crippen LogP contribution in [0.3, 0.4) is 0 Å². The molecular formula is C18H28N4OS. The summed E-state index contributed by atoms with van der Waals surface area (Å²) in [5.41, 5.74) is 1.16. The average Bonchev–Trinajstić information content (AvgIpc) is 2.76. The second-order valence-corrected chi connectivity index (χ2v) is 8.97. The Hall–Kier alpha value is -1.01. The van der Waals surface area contributed by atoms with E-state index in [2.05, 4.69) is 33.2 Å². The van der Waals surface area contributed by atoms with E-state index in [0.29, 0.717) is 29.7 Å². The molecule has 5 nitrogen and oxygen atoms in total. The molecule has 2 atom stereocenters. The quantitative estimate of drug-likeness (QED) is 0.839. The Bertz CT molecular complexity index is 598. The number of carbonyl (C=O) groups excluding carboxylic acids is 1. The molecule has 5 rings (SSSR count). The number of fused-ring (bicyclic) bond motifs is 4. The zero-order chi connectivity index (χ0) is 16.7. The largest absolute Gasteiger partial charge is 0.341 e. The summed E-state index contributed by atoms with van der Waals surface area (Å²) in [7, 11) is 0. The molecule has 4 fully saturated rings. The van der Waals surface area contributed by atoms with Gasteiger partial charge in [0, 0.05) is 38.1 Å². The highest BCUT2D eigenvalue weighted by molar-refractivity contribution is 7.05. The van der Waals surface area contributed by atoms with Crippen molar-refractivity contribution < 1.29 is 4.79 Å². The Labute approximate surface area is 148 Å². The van der Waals surface area contributed by atoms with Gasteiger partial charge in [0.25, 0.3) is 0 Å². The molecule has 1 amide bonds. The average molecular weight is 349 g/mol. The molecule has 132 valence electrons. The topological polar surface area (TPSA) is 49.3 Å². The van der Waals surface area contributed by atoms with Gasteiger partial charge in [-0.05, 0) is 49.1 Å². The van der Waals surface area contributed by atoms with Gasteiger partial charge >= 0.3 is 0 Å². The van der Waals surface area contributed by atoms with Crippen LogP contribution < -0.4 is 0 Å². The van der Waals surface area contributed by atoms with Crippen molar-refractivity contribution in [2.24, 2.45) is 11.8 Å². The van der Waals surface area contributed by atoms with Crippen LogP contribution in [0.2, 0.25) is 0 Å². The first-order valence-corrected chi connectivity index (χ1v) is 10.2. The molecule has 1 aromatic rings. The third-order valence-electron chi connectivity index (χ3n) is 6.07. The molecule has 1 saturated carbocycles. The van der Waals surface area contributed by atoms with Crippen LogP contribution in [-0.2, 0) is 11.3 Å². The van der Waals surface area contributed by atoms with Crippen LogP contribution in [0.1, 0.15) is 62.4 Å². The van der Waals surface area contributed by atoms with Crippen molar-refractivity contribution in [3.63, 3.8) is 0 Å². The fraction of sp³-hybridized carbons (Fsp3) is 0.833. The first-order valence-electron chi connectivity index (χ1n) is 9.45. The maximum atomic E-state index is 12.7. The van der Waals surface area contributed by atoms with E-state index in [0.717, 1.165) is 44.7 Å². The van der Waals surface area contributed by atoms with E-state index in [9.17, 15) is 4.79 Å². The zero-order valence-corrected chi connectivity index (χ0v) is 15.6. The highest BCUT2D eigenvalue weighted by Crippen LogP contribution is 2.34. The predicted octanol–water partition coefficient (Wildman–Crippen LogP) is 2.88. The number of nitrogens with zero attached hydrogens (tertiary/aromatic N) is 4. The van der Waals surface area contributed by atoms with E-state index in [1.54, 1.807) is 11.5 Å². The molecule has 1 aliphatic carbocycles. The van der Waals surface area contributed by atoms with Crippen molar-refractivity contribution in [2.75, 3.05) is 19.6 Å². The highest BCUT2D eigenvalue weighted by atomic mass is 32.1. The molecule has 4 aliphatic rings. The molecule has 2 bridgehead atoms. The number of amides is 1. The standard InChI is InChI=1S/C18H28N4OS/c1-12(2)17-16(24-20-19-17)11-21-8-13-6-7-15(21)10-22(9-13)18(23)14-4-3-5-14/h12-15H,3-11H2,1-2H3/t13-,15-/m0/s1. The monoisotopic (exact) mass is 348 g/mol. The van der Waals surface area contributed by atoms with E-state index in [1.807, 2.05) is 0 Å². The second-order valence-electron chi connectivity index (χ2n) is 8.13. The van der Waals surface area contributed by atoms with Crippen molar-refractivity contribution in [2.45, 2.75) is 64.5 Å². The number of carbonyl (C=O) groups is 1. The van der Waals surface area contributed by atoms with Crippen molar-refractivity contribution in [1.82, 2.24) is 19.4 Å². The number of hydrogen-bond donors (Lipinski definition) is 0. The molecule has 0 radical (unpaired) electrons. The smallest absolute Gasteiger partial charge is 0.225 e. The Morgan fingerprint density at radius 1 is 1.21 bits per heavy atom.